The second kappa shape index (κ2) is 17.2. The predicted molar refractivity (Wildman–Crippen MR) is 264 cm³/mol. The molecule has 9 rings (SSSR count). The van der Waals surface area contributed by atoms with Crippen molar-refractivity contribution in [2.24, 2.45) is 0 Å². The van der Waals surface area contributed by atoms with Crippen molar-refractivity contribution in [1.29, 1.82) is 0 Å². The van der Waals surface area contributed by atoms with Crippen LogP contribution in [0.2, 0.25) is 0 Å². The third-order valence-corrected chi connectivity index (χ3v) is 12.9. The summed E-state index contributed by atoms with van der Waals surface area (Å²) < 4.78 is 4.76. The molecule has 7 aromatic carbocycles. The van der Waals surface area contributed by atoms with Crippen LogP contribution in [-0.4, -0.2) is 19.1 Å². The van der Waals surface area contributed by atoms with E-state index >= 15 is 0 Å². The van der Waals surface area contributed by atoms with Crippen LogP contribution in [0.25, 0.3) is 45.2 Å². The monoisotopic (exact) mass is 822 g/mol. The summed E-state index contributed by atoms with van der Waals surface area (Å²) >= 11 is 0. The van der Waals surface area contributed by atoms with Crippen LogP contribution in [0.15, 0.2) is 182 Å². The van der Waals surface area contributed by atoms with Gasteiger partial charge < -0.3 is 0 Å². The molecule has 2 heterocycles. The molecule has 0 spiro atoms. The first-order valence-corrected chi connectivity index (χ1v) is 22.7. The minimum absolute atomic E-state index is 0.321. The number of aromatic nitrogens is 4. The molecule has 0 aliphatic heterocycles. The SMILES string of the molecule is CC(C)c1cccc(C(C)C)c1-n1ccnc1-c1cccc(C(c2ccccc2)(c2ccccc2)c2cccc(-c3nc4ccccc4n3-c3c(C(C)C)cccc3C(C)C)c2)c1. The molecule has 0 saturated carbocycles. The van der Waals surface area contributed by atoms with Gasteiger partial charge >= 0.3 is 0 Å². The normalized spacial score (nSPS) is 12.1. The van der Waals surface area contributed by atoms with Crippen LogP contribution >= 0.6 is 0 Å². The minimum Gasteiger partial charge on any atom is -0.299 e. The summed E-state index contributed by atoms with van der Waals surface area (Å²) in [6.45, 7) is 18.3. The summed E-state index contributed by atoms with van der Waals surface area (Å²) in [6.07, 6.45) is 4.08. The molecular weight excluding hydrogens is 765 g/mol. The Morgan fingerprint density at radius 2 is 0.841 bits per heavy atom. The second-order valence-electron chi connectivity index (χ2n) is 18.2. The van der Waals surface area contributed by atoms with Gasteiger partial charge in [0.1, 0.15) is 11.6 Å². The van der Waals surface area contributed by atoms with Crippen LogP contribution in [0.5, 0.6) is 0 Å². The van der Waals surface area contributed by atoms with Gasteiger partial charge in [0, 0.05) is 23.5 Å². The van der Waals surface area contributed by atoms with Crippen molar-refractivity contribution in [2.45, 2.75) is 84.5 Å². The van der Waals surface area contributed by atoms with Crippen molar-refractivity contribution in [3.8, 4) is 34.2 Å². The van der Waals surface area contributed by atoms with E-state index in [1.54, 1.807) is 0 Å². The maximum Gasteiger partial charge on any atom is 0.145 e. The lowest BCUT2D eigenvalue weighted by molar-refractivity contribution is 0.745. The van der Waals surface area contributed by atoms with Crippen LogP contribution in [0, 0.1) is 0 Å². The van der Waals surface area contributed by atoms with E-state index in [4.69, 9.17) is 9.97 Å². The molecule has 0 fully saturated rings. The zero-order valence-electron chi connectivity index (χ0n) is 37.9. The van der Waals surface area contributed by atoms with Gasteiger partial charge in [-0.25, -0.2) is 9.97 Å². The molecule has 0 atom stereocenters. The molecule has 0 bridgehead atoms. The molecule has 314 valence electrons. The standard InChI is InChI=1S/C59H58N4/c1-39(2)49-29-19-30-50(40(3)4)55(49)62-36-35-60-57(62)43-21-17-27-47(37-43)59(45-23-11-9-12-24-45,46-25-13-10-14-26-46)48-28-18-22-44(38-48)58-61-53-33-15-16-34-54(53)63(58)56-51(41(5)6)31-20-32-52(56)42(7)8/h9-42H,1-8H3. The van der Waals surface area contributed by atoms with Crippen molar-refractivity contribution < 1.29 is 0 Å². The summed E-state index contributed by atoms with van der Waals surface area (Å²) in [5.41, 5.74) is 15.9. The van der Waals surface area contributed by atoms with Crippen molar-refractivity contribution in [3.05, 3.63) is 227 Å². The molecule has 0 aliphatic carbocycles. The number of hydrogen-bond acceptors (Lipinski definition) is 2. The van der Waals surface area contributed by atoms with E-state index in [2.05, 4.69) is 241 Å². The van der Waals surface area contributed by atoms with E-state index in [0.29, 0.717) is 23.7 Å². The number of imidazole rings is 2. The van der Waals surface area contributed by atoms with E-state index in [1.165, 1.54) is 44.8 Å². The van der Waals surface area contributed by atoms with Crippen molar-refractivity contribution in [2.75, 3.05) is 0 Å². The number of para-hydroxylation sites is 4. The van der Waals surface area contributed by atoms with Crippen LogP contribution in [0.4, 0.5) is 0 Å². The third-order valence-electron chi connectivity index (χ3n) is 12.9. The van der Waals surface area contributed by atoms with Gasteiger partial charge in [-0.05, 0) is 92.4 Å². The Balaban J connectivity index is 1.32. The lowest BCUT2D eigenvalue weighted by atomic mass is 9.64. The highest BCUT2D eigenvalue weighted by atomic mass is 15.1. The summed E-state index contributed by atoms with van der Waals surface area (Å²) in [7, 11) is 0. The summed E-state index contributed by atoms with van der Waals surface area (Å²) in [4.78, 5) is 10.6. The highest BCUT2D eigenvalue weighted by molar-refractivity contribution is 5.85. The first kappa shape index (κ1) is 41.6. The van der Waals surface area contributed by atoms with Gasteiger partial charge in [0.15, 0.2) is 0 Å². The maximum atomic E-state index is 5.48. The number of fused-ring (bicyclic) bond motifs is 1. The topological polar surface area (TPSA) is 35.6 Å². The number of nitrogens with zero attached hydrogens (tertiary/aromatic N) is 4. The average molecular weight is 823 g/mol. The molecule has 4 nitrogen and oxygen atoms in total. The van der Waals surface area contributed by atoms with E-state index < -0.39 is 5.41 Å². The minimum atomic E-state index is -0.708. The second-order valence-corrected chi connectivity index (χ2v) is 18.2. The molecule has 63 heavy (non-hydrogen) atoms. The molecule has 9 aromatic rings. The van der Waals surface area contributed by atoms with E-state index in [0.717, 1.165) is 44.9 Å². The fourth-order valence-electron chi connectivity index (χ4n) is 9.86. The Labute approximate surface area is 374 Å². The van der Waals surface area contributed by atoms with Gasteiger partial charge in [0.2, 0.25) is 0 Å². The highest BCUT2D eigenvalue weighted by Crippen LogP contribution is 2.48. The fourth-order valence-corrected chi connectivity index (χ4v) is 9.86. The van der Waals surface area contributed by atoms with E-state index in [-0.39, 0.29) is 0 Å². The van der Waals surface area contributed by atoms with Gasteiger partial charge in [0.05, 0.1) is 27.8 Å². The zero-order chi connectivity index (χ0) is 43.8. The molecule has 0 amide bonds. The fraction of sp³-hybridized carbons (Fsp3) is 0.220. The van der Waals surface area contributed by atoms with Gasteiger partial charge in [-0.2, -0.15) is 0 Å². The lowest BCUT2D eigenvalue weighted by Gasteiger charge is -2.37. The number of hydrogen-bond donors (Lipinski definition) is 0. The Bertz CT molecular complexity index is 2930. The largest absolute Gasteiger partial charge is 0.299 e. The lowest BCUT2D eigenvalue weighted by Crippen LogP contribution is -2.31. The van der Waals surface area contributed by atoms with Crippen molar-refractivity contribution in [1.82, 2.24) is 19.1 Å². The first-order valence-electron chi connectivity index (χ1n) is 22.7. The number of rotatable bonds is 12. The van der Waals surface area contributed by atoms with E-state index in [1.807, 2.05) is 6.20 Å². The molecule has 0 radical (unpaired) electrons. The van der Waals surface area contributed by atoms with Crippen LogP contribution in [0.1, 0.15) is 124 Å². The molecule has 0 saturated heterocycles. The first-order chi connectivity index (χ1) is 30.6. The average Bonchev–Trinajstić information content (AvgIpc) is 3.95. The molecule has 0 aliphatic rings. The smallest absolute Gasteiger partial charge is 0.145 e. The summed E-state index contributed by atoms with van der Waals surface area (Å²) in [6, 6.07) is 62.4. The van der Waals surface area contributed by atoms with Crippen LogP contribution in [0.3, 0.4) is 0 Å². The van der Waals surface area contributed by atoms with Crippen LogP contribution in [-0.2, 0) is 5.41 Å². The third kappa shape index (κ3) is 7.32. The summed E-state index contributed by atoms with van der Waals surface area (Å²) in [5.74, 6) is 3.20. The predicted octanol–water partition coefficient (Wildman–Crippen LogP) is 15.4. The Morgan fingerprint density at radius 1 is 0.413 bits per heavy atom. The molecule has 0 unspecified atom stereocenters. The molecule has 0 N–H and O–H groups in total. The quantitative estimate of drug-likeness (QED) is 0.115. The molecule has 4 heteroatoms. The van der Waals surface area contributed by atoms with Gasteiger partial charge in [-0.3, -0.25) is 9.13 Å². The zero-order valence-corrected chi connectivity index (χ0v) is 37.9. The van der Waals surface area contributed by atoms with Crippen LogP contribution < -0.4 is 0 Å². The Morgan fingerprint density at radius 3 is 1.35 bits per heavy atom. The molecule has 2 aromatic heterocycles. The number of benzene rings is 7. The highest BCUT2D eigenvalue weighted by Gasteiger charge is 2.39. The van der Waals surface area contributed by atoms with E-state index in [9.17, 15) is 0 Å². The Hall–Kier alpha value is -6.78. The van der Waals surface area contributed by atoms with Gasteiger partial charge in [-0.15, -0.1) is 0 Å². The molecular formula is C59H58N4. The van der Waals surface area contributed by atoms with Gasteiger partial charge in [0.25, 0.3) is 0 Å². The van der Waals surface area contributed by atoms with Gasteiger partial charge in [-0.1, -0.05) is 201 Å². The Kier molecular flexibility index (Phi) is 11.3. The maximum absolute atomic E-state index is 5.48. The van der Waals surface area contributed by atoms with Crippen molar-refractivity contribution >= 4 is 11.0 Å². The van der Waals surface area contributed by atoms with Crippen molar-refractivity contribution in [3.63, 3.8) is 0 Å². The summed E-state index contributed by atoms with van der Waals surface area (Å²) in [5, 5.41) is 0.